The van der Waals surface area contributed by atoms with Crippen molar-refractivity contribution in [3.63, 3.8) is 0 Å². The molecule has 0 rings (SSSR count). The number of hydrogen-bond donors (Lipinski definition) is 0. The van der Waals surface area contributed by atoms with E-state index in [0.29, 0.717) is 0 Å². The van der Waals surface area contributed by atoms with E-state index in [4.69, 9.17) is 4.79 Å². The van der Waals surface area contributed by atoms with Crippen molar-refractivity contribution in [2.45, 2.75) is 6.43 Å². The number of halogens is 3. The second-order valence-corrected chi connectivity index (χ2v) is 0.605. The lowest BCUT2D eigenvalue weighted by atomic mass is 10.8. The lowest BCUT2D eigenvalue weighted by Crippen LogP contribution is -2.00. The third-order valence-electron chi connectivity index (χ3n) is 0.172. The van der Waals surface area contributed by atoms with Crippen molar-refractivity contribution in [2.75, 3.05) is 0 Å². The van der Waals surface area contributed by atoms with Crippen LogP contribution in [0.3, 0.4) is 0 Å². The molecule has 0 aromatic heterocycles. The molecule has 0 atom stereocenters. The molecule has 2 nitrogen and oxygen atoms in total. The fourth-order valence-electron chi connectivity index (χ4n) is 0. The number of rotatable bonds is 1. The minimum absolute atomic E-state index is 0. The lowest BCUT2D eigenvalue weighted by Gasteiger charge is -1.78. The SMILES string of the molecule is O.O=C(F)C(F)F. The Bertz CT molecular complexity index is 62.0. The van der Waals surface area contributed by atoms with Gasteiger partial charge in [0.05, 0.1) is 0 Å². The first-order valence-electron chi connectivity index (χ1n) is 1.12. The predicted octanol–water partition coefficient (Wildman–Crippen LogP) is -0.0771. The Morgan fingerprint density at radius 3 is 1.57 bits per heavy atom. The summed E-state index contributed by atoms with van der Waals surface area (Å²) in [7, 11) is 0. The third-order valence-corrected chi connectivity index (χ3v) is 0.172. The molecule has 0 bridgehead atoms. The predicted molar refractivity (Wildman–Crippen MR) is 15.7 cm³/mol. The molecular formula is C2H3F3O2. The largest absolute Gasteiger partial charge is 0.412 e. The molecule has 0 heterocycles. The molecule has 0 aromatic rings. The van der Waals surface area contributed by atoms with Gasteiger partial charge in [-0.25, -0.2) is 0 Å². The van der Waals surface area contributed by atoms with Gasteiger partial charge in [-0.2, -0.15) is 13.2 Å². The summed E-state index contributed by atoms with van der Waals surface area (Å²) in [5.74, 6) is 0. The first-order valence-corrected chi connectivity index (χ1v) is 1.12. The Morgan fingerprint density at radius 1 is 1.43 bits per heavy atom. The summed E-state index contributed by atoms with van der Waals surface area (Å²) >= 11 is 0. The zero-order valence-corrected chi connectivity index (χ0v) is 3.12. The van der Waals surface area contributed by atoms with E-state index >= 15 is 0 Å². The second kappa shape index (κ2) is 3.60. The Labute approximate surface area is 37.2 Å². The Balaban J connectivity index is 0. The summed E-state index contributed by atoms with van der Waals surface area (Å²) in [6.07, 6.45) is -3.45. The lowest BCUT2D eigenvalue weighted by molar-refractivity contribution is -0.140. The van der Waals surface area contributed by atoms with E-state index < -0.39 is 12.5 Å². The fourth-order valence-corrected chi connectivity index (χ4v) is 0. The molecule has 5 heteroatoms. The standard InChI is InChI=1S/C2HF3O.H2O/c3-1(4)2(5)6;/h1H;1H2. The van der Waals surface area contributed by atoms with Gasteiger partial charge in [-0.05, 0) is 0 Å². The van der Waals surface area contributed by atoms with E-state index in [-0.39, 0.29) is 5.48 Å². The van der Waals surface area contributed by atoms with Crippen molar-refractivity contribution in [1.29, 1.82) is 0 Å². The van der Waals surface area contributed by atoms with Crippen LogP contribution >= 0.6 is 0 Å². The molecule has 2 N–H and O–H groups in total. The van der Waals surface area contributed by atoms with Gasteiger partial charge in [-0.15, -0.1) is 0 Å². The number of alkyl halides is 2. The van der Waals surface area contributed by atoms with Gasteiger partial charge < -0.3 is 5.48 Å². The van der Waals surface area contributed by atoms with Crippen LogP contribution in [-0.4, -0.2) is 17.9 Å². The van der Waals surface area contributed by atoms with E-state index in [0.717, 1.165) is 0 Å². The fraction of sp³-hybridized carbons (Fsp3) is 0.500. The maximum atomic E-state index is 10.4. The molecule has 44 valence electrons. The molecule has 0 fully saturated rings. The highest BCUT2D eigenvalue weighted by Crippen LogP contribution is 1.92. The minimum atomic E-state index is -3.45. The number of carbonyl (C=O) groups is 1. The molecular weight excluding hydrogens is 113 g/mol. The summed E-state index contributed by atoms with van der Waals surface area (Å²) in [6.45, 7) is 0. The van der Waals surface area contributed by atoms with Crippen molar-refractivity contribution in [3.05, 3.63) is 0 Å². The minimum Gasteiger partial charge on any atom is -0.412 e. The van der Waals surface area contributed by atoms with Gasteiger partial charge in [0.15, 0.2) is 0 Å². The molecule has 0 spiro atoms. The van der Waals surface area contributed by atoms with Crippen LogP contribution < -0.4 is 0 Å². The maximum Gasteiger partial charge on any atom is 0.367 e. The van der Waals surface area contributed by atoms with Gasteiger partial charge in [-0.1, -0.05) is 0 Å². The van der Waals surface area contributed by atoms with Crippen LogP contribution in [0, 0.1) is 0 Å². The van der Waals surface area contributed by atoms with Gasteiger partial charge in [0.2, 0.25) is 0 Å². The quantitative estimate of drug-likeness (QED) is 0.442. The van der Waals surface area contributed by atoms with E-state index in [9.17, 15) is 13.2 Å². The van der Waals surface area contributed by atoms with Crippen LogP contribution in [0.2, 0.25) is 0 Å². The Morgan fingerprint density at radius 2 is 1.57 bits per heavy atom. The van der Waals surface area contributed by atoms with E-state index in [1.165, 1.54) is 0 Å². The van der Waals surface area contributed by atoms with Crippen molar-refractivity contribution >= 4 is 6.04 Å². The first kappa shape index (κ1) is 9.65. The normalized spacial score (nSPS) is 8.00. The van der Waals surface area contributed by atoms with Gasteiger partial charge in [0, 0.05) is 0 Å². The van der Waals surface area contributed by atoms with E-state index in [1.54, 1.807) is 0 Å². The monoisotopic (exact) mass is 116 g/mol. The third kappa shape index (κ3) is 5.42. The zero-order valence-electron chi connectivity index (χ0n) is 3.12. The van der Waals surface area contributed by atoms with Crippen molar-refractivity contribution in [3.8, 4) is 0 Å². The van der Waals surface area contributed by atoms with Crippen LogP contribution in [0.25, 0.3) is 0 Å². The number of hydrogen-bond acceptors (Lipinski definition) is 1. The van der Waals surface area contributed by atoms with Crippen molar-refractivity contribution < 1.29 is 23.4 Å². The van der Waals surface area contributed by atoms with Gasteiger partial charge in [0.25, 0.3) is 0 Å². The molecule has 0 aliphatic heterocycles. The summed E-state index contributed by atoms with van der Waals surface area (Å²) in [4.78, 5) is 8.73. The highest BCUT2D eigenvalue weighted by molar-refractivity contribution is 5.71. The molecule has 0 unspecified atom stereocenters. The van der Waals surface area contributed by atoms with Gasteiger partial charge in [0.1, 0.15) is 0 Å². The Hall–Kier alpha value is -0.580. The first-order chi connectivity index (χ1) is 2.64. The van der Waals surface area contributed by atoms with Crippen LogP contribution in [-0.2, 0) is 4.79 Å². The molecule has 0 aliphatic rings. The highest BCUT2D eigenvalue weighted by Gasteiger charge is 2.11. The molecule has 0 aromatic carbocycles. The summed E-state index contributed by atoms with van der Waals surface area (Å²) in [6, 6.07) is -2.57. The smallest absolute Gasteiger partial charge is 0.367 e. The van der Waals surface area contributed by atoms with Crippen LogP contribution in [0.4, 0.5) is 13.2 Å². The van der Waals surface area contributed by atoms with Crippen molar-refractivity contribution in [1.82, 2.24) is 0 Å². The van der Waals surface area contributed by atoms with Crippen molar-refractivity contribution in [2.24, 2.45) is 0 Å². The molecule has 0 saturated carbocycles. The topological polar surface area (TPSA) is 48.6 Å². The number of carbonyl (C=O) groups excluding carboxylic acids is 1. The summed E-state index contributed by atoms with van der Waals surface area (Å²) in [5.41, 5.74) is 0. The molecule has 0 aliphatic carbocycles. The van der Waals surface area contributed by atoms with Crippen LogP contribution in [0.5, 0.6) is 0 Å². The van der Waals surface area contributed by atoms with Crippen LogP contribution in [0.1, 0.15) is 0 Å². The average Bonchev–Trinajstić information content (AvgIpc) is 1.36. The molecule has 0 radical (unpaired) electrons. The van der Waals surface area contributed by atoms with Crippen LogP contribution in [0.15, 0.2) is 0 Å². The second-order valence-electron chi connectivity index (χ2n) is 0.605. The molecule has 0 saturated heterocycles. The zero-order chi connectivity index (χ0) is 5.15. The average molecular weight is 116 g/mol. The van der Waals surface area contributed by atoms with Gasteiger partial charge in [-0.3, -0.25) is 4.79 Å². The summed E-state index contributed by atoms with van der Waals surface area (Å²) < 4.78 is 31.3. The van der Waals surface area contributed by atoms with E-state index in [2.05, 4.69) is 0 Å². The van der Waals surface area contributed by atoms with E-state index in [1.807, 2.05) is 0 Å². The molecule has 0 amide bonds. The highest BCUT2D eigenvalue weighted by atomic mass is 19.3. The van der Waals surface area contributed by atoms with Gasteiger partial charge >= 0.3 is 12.5 Å². The summed E-state index contributed by atoms with van der Waals surface area (Å²) in [5, 5.41) is 0. The maximum absolute atomic E-state index is 10.4. The Kier molecular flexibility index (Phi) is 4.97. The molecule has 7 heavy (non-hydrogen) atoms.